The van der Waals surface area contributed by atoms with Crippen LogP contribution in [0.3, 0.4) is 0 Å². The standard InChI is InChI=1S/C20H12Cl2F2N2/c1-11-6-13(8-18(23)20(11)24)26-19-9-17(22)15(7-12(19)10-25-26)14-4-2-3-5-16(14)21/h2-10H,1H3. The van der Waals surface area contributed by atoms with Crippen molar-refractivity contribution in [3.8, 4) is 16.8 Å². The van der Waals surface area contributed by atoms with Crippen molar-refractivity contribution < 1.29 is 8.78 Å². The highest BCUT2D eigenvalue weighted by atomic mass is 35.5. The number of hydrogen-bond acceptors (Lipinski definition) is 1. The summed E-state index contributed by atoms with van der Waals surface area (Å²) < 4.78 is 28.9. The summed E-state index contributed by atoms with van der Waals surface area (Å²) in [6, 6.07) is 13.7. The van der Waals surface area contributed by atoms with Crippen LogP contribution in [-0.2, 0) is 0 Å². The predicted octanol–water partition coefficient (Wildman–Crippen LogP) is 6.59. The van der Waals surface area contributed by atoms with Crippen molar-refractivity contribution in [2.45, 2.75) is 6.92 Å². The third-order valence-electron chi connectivity index (χ3n) is 4.26. The van der Waals surface area contributed by atoms with Gasteiger partial charge in [0.05, 0.1) is 22.4 Å². The van der Waals surface area contributed by atoms with Gasteiger partial charge >= 0.3 is 0 Å². The summed E-state index contributed by atoms with van der Waals surface area (Å²) in [7, 11) is 0. The van der Waals surface area contributed by atoms with Gasteiger partial charge in [-0.25, -0.2) is 13.5 Å². The molecular weight excluding hydrogens is 377 g/mol. The number of aromatic nitrogens is 2. The quantitative estimate of drug-likeness (QED) is 0.378. The zero-order chi connectivity index (χ0) is 18.4. The molecule has 0 aliphatic carbocycles. The van der Waals surface area contributed by atoms with E-state index < -0.39 is 11.6 Å². The van der Waals surface area contributed by atoms with Crippen LogP contribution in [0.4, 0.5) is 8.78 Å². The molecule has 0 saturated heterocycles. The van der Waals surface area contributed by atoms with E-state index in [1.807, 2.05) is 24.3 Å². The van der Waals surface area contributed by atoms with E-state index in [9.17, 15) is 8.78 Å². The number of aryl methyl sites for hydroxylation is 1. The lowest BCUT2D eigenvalue weighted by Gasteiger charge is -2.10. The minimum atomic E-state index is -0.914. The number of halogens is 4. The first-order valence-corrected chi connectivity index (χ1v) is 8.59. The number of benzene rings is 3. The fraction of sp³-hybridized carbons (Fsp3) is 0.0500. The Kier molecular flexibility index (Phi) is 4.17. The Labute approximate surface area is 158 Å². The monoisotopic (exact) mass is 388 g/mol. The lowest BCUT2D eigenvalue weighted by atomic mass is 10.0. The second-order valence-corrected chi connectivity index (χ2v) is 6.80. The molecule has 4 rings (SSSR count). The van der Waals surface area contributed by atoms with Gasteiger partial charge in [-0.05, 0) is 36.8 Å². The largest absolute Gasteiger partial charge is 0.233 e. The number of rotatable bonds is 2. The first-order valence-electron chi connectivity index (χ1n) is 7.84. The van der Waals surface area contributed by atoms with Crippen molar-refractivity contribution in [2.75, 3.05) is 0 Å². The number of fused-ring (bicyclic) bond motifs is 1. The van der Waals surface area contributed by atoms with Crippen LogP contribution in [0.25, 0.3) is 27.7 Å². The van der Waals surface area contributed by atoms with Gasteiger partial charge in [0, 0.05) is 27.6 Å². The fourth-order valence-electron chi connectivity index (χ4n) is 2.97. The zero-order valence-corrected chi connectivity index (χ0v) is 15.1. The van der Waals surface area contributed by atoms with Crippen molar-refractivity contribution >= 4 is 34.1 Å². The van der Waals surface area contributed by atoms with E-state index >= 15 is 0 Å². The summed E-state index contributed by atoms with van der Waals surface area (Å²) in [5.74, 6) is -1.77. The van der Waals surface area contributed by atoms with Crippen LogP contribution >= 0.6 is 23.2 Å². The van der Waals surface area contributed by atoms with Gasteiger partial charge in [-0.1, -0.05) is 41.4 Å². The summed E-state index contributed by atoms with van der Waals surface area (Å²) in [4.78, 5) is 0. The van der Waals surface area contributed by atoms with Gasteiger partial charge in [0.2, 0.25) is 0 Å². The average Bonchev–Trinajstić information content (AvgIpc) is 3.02. The van der Waals surface area contributed by atoms with Crippen LogP contribution in [0.2, 0.25) is 10.0 Å². The molecule has 0 radical (unpaired) electrons. The summed E-state index contributed by atoms with van der Waals surface area (Å²) in [6.07, 6.45) is 1.66. The van der Waals surface area contributed by atoms with Crippen LogP contribution in [0.5, 0.6) is 0 Å². The number of hydrogen-bond donors (Lipinski definition) is 0. The van der Waals surface area contributed by atoms with Crippen LogP contribution in [0.15, 0.2) is 54.7 Å². The van der Waals surface area contributed by atoms with Crippen LogP contribution in [0, 0.1) is 18.6 Å². The van der Waals surface area contributed by atoms with E-state index in [2.05, 4.69) is 5.10 Å². The maximum atomic E-state index is 13.8. The van der Waals surface area contributed by atoms with E-state index in [1.54, 1.807) is 24.4 Å². The van der Waals surface area contributed by atoms with E-state index in [-0.39, 0.29) is 5.56 Å². The predicted molar refractivity (Wildman–Crippen MR) is 101 cm³/mol. The Morgan fingerprint density at radius 1 is 0.923 bits per heavy atom. The molecule has 0 unspecified atom stereocenters. The molecule has 3 aromatic carbocycles. The molecule has 1 heterocycles. The summed E-state index contributed by atoms with van der Waals surface area (Å²) >= 11 is 12.8. The van der Waals surface area contributed by atoms with E-state index in [0.717, 1.165) is 22.6 Å². The van der Waals surface area contributed by atoms with Gasteiger partial charge in [-0.2, -0.15) is 5.10 Å². The summed E-state index contributed by atoms with van der Waals surface area (Å²) in [5.41, 5.74) is 2.93. The molecule has 0 atom stereocenters. The molecule has 26 heavy (non-hydrogen) atoms. The minimum Gasteiger partial charge on any atom is -0.233 e. The second kappa shape index (κ2) is 6.38. The molecule has 0 amide bonds. The summed E-state index contributed by atoms with van der Waals surface area (Å²) in [6.45, 7) is 1.51. The fourth-order valence-corrected chi connectivity index (χ4v) is 3.47. The highest BCUT2D eigenvalue weighted by Gasteiger charge is 2.15. The Hall–Kier alpha value is -2.43. The highest BCUT2D eigenvalue weighted by molar-refractivity contribution is 6.37. The Balaban J connectivity index is 1.91. The van der Waals surface area contributed by atoms with Crippen molar-refractivity contribution in [2.24, 2.45) is 0 Å². The molecule has 0 fully saturated rings. The average molecular weight is 389 g/mol. The molecule has 0 aliphatic rings. The van der Waals surface area contributed by atoms with Crippen molar-refractivity contribution in [3.05, 3.63) is 82.0 Å². The minimum absolute atomic E-state index is 0.211. The molecule has 0 spiro atoms. The SMILES string of the molecule is Cc1cc(-n2ncc3cc(-c4ccccc4Cl)c(Cl)cc32)cc(F)c1F. The molecule has 2 nitrogen and oxygen atoms in total. The van der Waals surface area contributed by atoms with Gasteiger partial charge < -0.3 is 0 Å². The Morgan fingerprint density at radius 3 is 2.42 bits per heavy atom. The second-order valence-electron chi connectivity index (χ2n) is 5.99. The summed E-state index contributed by atoms with van der Waals surface area (Å²) in [5, 5.41) is 6.21. The van der Waals surface area contributed by atoms with Crippen molar-refractivity contribution in [1.82, 2.24) is 9.78 Å². The Bertz CT molecular complexity index is 1130. The molecule has 0 aliphatic heterocycles. The lowest BCUT2D eigenvalue weighted by molar-refractivity contribution is 0.502. The number of nitrogens with zero attached hydrogens (tertiary/aromatic N) is 2. The zero-order valence-electron chi connectivity index (χ0n) is 13.6. The van der Waals surface area contributed by atoms with Crippen LogP contribution < -0.4 is 0 Å². The maximum absolute atomic E-state index is 13.8. The van der Waals surface area contributed by atoms with Gasteiger partial charge in [-0.3, -0.25) is 0 Å². The molecule has 0 saturated carbocycles. The van der Waals surface area contributed by atoms with E-state index in [4.69, 9.17) is 23.2 Å². The molecular formula is C20H12Cl2F2N2. The first-order chi connectivity index (χ1) is 12.5. The third-order valence-corrected chi connectivity index (χ3v) is 4.90. The van der Waals surface area contributed by atoms with Crippen LogP contribution in [0.1, 0.15) is 5.56 Å². The van der Waals surface area contributed by atoms with Crippen molar-refractivity contribution in [3.63, 3.8) is 0 Å². The molecule has 1 aromatic heterocycles. The van der Waals surface area contributed by atoms with E-state index in [0.29, 0.717) is 21.2 Å². The van der Waals surface area contributed by atoms with Gasteiger partial charge in [0.15, 0.2) is 11.6 Å². The Morgan fingerprint density at radius 2 is 1.69 bits per heavy atom. The highest BCUT2D eigenvalue weighted by Crippen LogP contribution is 2.36. The smallest absolute Gasteiger partial charge is 0.161 e. The first kappa shape index (κ1) is 17.0. The molecule has 0 N–H and O–H groups in total. The third kappa shape index (κ3) is 2.75. The topological polar surface area (TPSA) is 17.8 Å². The van der Waals surface area contributed by atoms with Gasteiger partial charge in [0.1, 0.15) is 0 Å². The molecule has 4 aromatic rings. The van der Waals surface area contributed by atoms with E-state index in [1.165, 1.54) is 11.6 Å². The van der Waals surface area contributed by atoms with Gasteiger partial charge in [0.25, 0.3) is 0 Å². The molecule has 6 heteroatoms. The normalized spacial score (nSPS) is 11.3. The molecule has 0 bridgehead atoms. The van der Waals surface area contributed by atoms with Gasteiger partial charge in [-0.15, -0.1) is 0 Å². The lowest BCUT2D eigenvalue weighted by Crippen LogP contribution is -2.00. The molecule has 130 valence electrons. The maximum Gasteiger partial charge on any atom is 0.161 e. The van der Waals surface area contributed by atoms with Crippen LogP contribution in [-0.4, -0.2) is 9.78 Å². The van der Waals surface area contributed by atoms with Crippen molar-refractivity contribution in [1.29, 1.82) is 0 Å².